The van der Waals surface area contributed by atoms with Gasteiger partial charge in [-0.1, -0.05) is 0 Å². The maximum atomic E-state index is 10.8. The van der Waals surface area contributed by atoms with E-state index in [1.54, 1.807) is 0 Å². The zero-order chi connectivity index (χ0) is 10.9. The largest absolute Gasteiger partial charge is 0.506 e. The van der Waals surface area contributed by atoms with Crippen molar-refractivity contribution in [2.45, 2.75) is 0 Å². The molecule has 3 nitrogen and oxygen atoms in total. The van der Waals surface area contributed by atoms with Crippen molar-refractivity contribution in [2.75, 3.05) is 0 Å². The van der Waals surface area contributed by atoms with Gasteiger partial charge in [0.15, 0.2) is 0 Å². The number of carbonyl (C=O) groups excluding carboxylic acids is 2. The number of halogens is 3. The summed E-state index contributed by atoms with van der Waals surface area (Å²) >= 11 is 13.4. The van der Waals surface area contributed by atoms with Crippen LogP contribution in [-0.4, -0.2) is 15.6 Å². The number of aromatic hydroxyl groups is 1. The van der Waals surface area contributed by atoms with Crippen LogP contribution in [0, 0.1) is 0 Å². The summed E-state index contributed by atoms with van der Waals surface area (Å²) in [6.45, 7) is 0. The molecule has 1 rings (SSSR count). The fraction of sp³-hybridized carbons (Fsp3) is 0. The zero-order valence-electron chi connectivity index (χ0n) is 6.55. The summed E-state index contributed by atoms with van der Waals surface area (Å²) in [4.78, 5) is 21.6. The molecule has 0 atom stereocenters. The minimum Gasteiger partial charge on any atom is -0.506 e. The van der Waals surface area contributed by atoms with Crippen LogP contribution in [0.4, 0.5) is 0 Å². The van der Waals surface area contributed by atoms with Crippen LogP contribution in [0.15, 0.2) is 16.6 Å². The highest BCUT2D eigenvalue weighted by atomic mass is 79.9. The van der Waals surface area contributed by atoms with Crippen molar-refractivity contribution < 1.29 is 14.7 Å². The van der Waals surface area contributed by atoms with E-state index in [1.165, 1.54) is 6.07 Å². The van der Waals surface area contributed by atoms with Gasteiger partial charge in [-0.2, -0.15) is 0 Å². The number of phenolic OH excluding ortho intramolecular Hbond substituents is 1. The molecule has 0 aliphatic rings. The number of rotatable bonds is 2. The first kappa shape index (κ1) is 11.5. The van der Waals surface area contributed by atoms with Crippen LogP contribution in [0.3, 0.4) is 0 Å². The lowest BCUT2D eigenvalue weighted by molar-refractivity contribution is 0.107. The van der Waals surface area contributed by atoms with Gasteiger partial charge in [0, 0.05) is 5.56 Å². The van der Waals surface area contributed by atoms with Gasteiger partial charge in [0.1, 0.15) is 5.75 Å². The highest BCUT2D eigenvalue weighted by Gasteiger charge is 2.15. The van der Waals surface area contributed by atoms with Crippen LogP contribution in [0.5, 0.6) is 5.75 Å². The molecule has 0 saturated heterocycles. The predicted octanol–water partition coefficient (Wildman–Crippen LogP) is 2.91. The number of hydrogen-bond donors (Lipinski definition) is 1. The van der Waals surface area contributed by atoms with Gasteiger partial charge in [0.05, 0.1) is 10.0 Å². The summed E-state index contributed by atoms with van der Waals surface area (Å²) in [5, 5.41) is 7.78. The van der Waals surface area contributed by atoms with E-state index in [4.69, 9.17) is 23.2 Å². The van der Waals surface area contributed by atoms with E-state index in [0.29, 0.717) is 0 Å². The molecule has 6 heteroatoms. The van der Waals surface area contributed by atoms with Crippen molar-refractivity contribution in [1.29, 1.82) is 0 Å². The maximum absolute atomic E-state index is 10.8. The molecule has 0 aromatic heterocycles. The molecule has 1 aromatic carbocycles. The average molecular weight is 298 g/mol. The van der Waals surface area contributed by atoms with Gasteiger partial charge < -0.3 is 5.11 Å². The first-order valence-electron chi connectivity index (χ1n) is 3.35. The van der Waals surface area contributed by atoms with E-state index in [-0.39, 0.29) is 21.3 Å². The minimum atomic E-state index is -0.858. The van der Waals surface area contributed by atoms with Gasteiger partial charge in [0.25, 0.3) is 10.5 Å². The van der Waals surface area contributed by atoms with Crippen molar-refractivity contribution in [3.8, 4) is 5.75 Å². The van der Waals surface area contributed by atoms with Gasteiger partial charge >= 0.3 is 0 Å². The number of hydrogen-bond acceptors (Lipinski definition) is 3. The van der Waals surface area contributed by atoms with Crippen molar-refractivity contribution >= 4 is 49.6 Å². The molecule has 0 aliphatic heterocycles. The Morgan fingerprint density at radius 1 is 1.21 bits per heavy atom. The standard InChI is InChI=1S/C8H3BrCl2O3/c9-5-2-3(7(10)13)1-4(6(5)12)8(11)14/h1-2,12H. The Morgan fingerprint density at radius 2 is 1.79 bits per heavy atom. The van der Waals surface area contributed by atoms with Crippen LogP contribution in [0.25, 0.3) is 0 Å². The molecular weight excluding hydrogens is 295 g/mol. The molecule has 0 heterocycles. The van der Waals surface area contributed by atoms with Gasteiger partial charge in [-0.3, -0.25) is 9.59 Å². The van der Waals surface area contributed by atoms with E-state index < -0.39 is 10.5 Å². The second-order valence-corrected chi connectivity index (χ2v) is 3.94. The van der Waals surface area contributed by atoms with Crippen LogP contribution >= 0.6 is 39.1 Å². The highest BCUT2D eigenvalue weighted by Crippen LogP contribution is 2.30. The third-order valence-corrected chi connectivity index (χ3v) is 2.53. The molecule has 0 amide bonds. The molecular formula is C8H3BrCl2O3. The Labute approximate surface area is 97.8 Å². The first-order chi connectivity index (χ1) is 6.43. The molecule has 1 N–H and O–H groups in total. The van der Waals surface area contributed by atoms with E-state index in [2.05, 4.69) is 15.9 Å². The lowest BCUT2D eigenvalue weighted by Crippen LogP contribution is -1.96. The summed E-state index contributed by atoms with van der Waals surface area (Å²) in [7, 11) is 0. The van der Waals surface area contributed by atoms with E-state index >= 15 is 0 Å². The molecule has 0 aliphatic carbocycles. The van der Waals surface area contributed by atoms with E-state index in [0.717, 1.165) is 6.07 Å². The molecule has 74 valence electrons. The summed E-state index contributed by atoms with van der Waals surface area (Å²) in [6, 6.07) is 2.43. The number of benzene rings is 1. The van der Waals surface area contributed by atoms with E-state index in [1.807, 2.05) is 0 Å². The molecule has 0 radical (unpaired) electrons. The lowest BCUT2D eigenvalue weighted by atomic mass is 10.1. The molecule has 0 bridgehead atoms. The summed E-state index contributed by atoms with van der Waals surface area (Å²) in [6.07, 6.45) is 0. The molecule has 0 spiro atoms. The molecule has 0 saturated carbocycles. The van der Waals surface area contributed by atoms with Crippen LogP contribution in [-0.2, 0) is 0 Å². The third-order valence-electron chi connectivity index (χ3n) is 1.50. The molecule has 0 unspecified atom stereocenters. The second kappa shape index (κ2) is 4.29. The van der Waals surface area contributed by atoms with Crippen LogP contribution in [0.2, 0.25) is 0 Å². The van der Waals surface area contributed by atoms with Gasteiger partial charge in [-0.05, 0) is 51.3 Å². The highest BCUT2D eigenvalue weighted by molar-refractivity contribution is 9.10. The summed E-state index contributed by atoms with van der Waals surface area (Å²) in [5.41, 5.74) is -0.0783. The molecule has 1 aromatic rings. The summed E-state index contributed by atoms with van der Waals surface area (Å²) < 4.78 is 0.188. The van der Waals surface area contributed by atoms with Gasteiger partial charge in [-0.25, -0.2) is 0 Å². The van der Waals surface area contributed by atoms with Crippen LogP contribution in [0.1, 0.15) is 20.7 Å². The quantitative estimate of drug-likeness (QED) is 0.854. The van der Waals surface area contributed by atoms with E-state index in [9.17, 15) is 14.7 Å². The maximum Gasteiger partial charge on any atom is 0.256 e. The van der Waals surface area contributed by atoms with Crippen molar-refractivity contribution in [3.05, 3.63) is 27.7 Å². The zero-order valence-corrected chi connectivity index (χ0v) is 9.65. The van der Waals surface area contributed by atoms with Crippen molar-refractivity contribution in [3.63, 3.8) is 0 Å². The first-order valence-corrected chi connectivity index (χ1v) is 4.90. The third kappa shape index (κ3) is 2.26. The van der Waals surface area contributed by atoms with Crippen LogP contribution < -0.4 is 0 Å². The Kier molecular flexibility index (Phi) is 3.53. The predicted molar refractivity (Wildman–Crippen MR) is 56.2 cm³/mol. The Bertz CT molecular complexity index is 417. The van der Waals surface area contributed by atoms with Crippen molar-refractivity contribution in [2.24, 2.45) is 0 Å². The Morgan fingerprint density at radius 3 is 2.21 bits per heavy atom. The number of carbonyl (C=O) groups is 2. The monoisotopic (exact) mass is 296 g/mol. The SMILES string of the molecule is O=C(Cl)c1cc(Br)c(O)c(C(=O)Cl)c1. The normalized spacial score (nSPS) is 9.93. The summed E-state index contributed by atoms with van der Waals surface area (Å²) in [5.74, 6) is -0.313. The Balaban J connectivity index is 3.43. The average Bonchev–Trinajstić information content (AvgIpc) is 2.08. The topological polar surface area (TPSA) is 54.4 Å². The minimum absolute atomic E-state index is 0.0836. The number of phenols is 1. The fourth-order valence-electron chi connectivity index (χ4n) is 0.862. The van der Waals surface area contributed by atoms with Gasteiger partial charge in [0.2, 0.25) is 0 Å². The molecule has 14 heavy (non-hydrogen) atoms. The second-order valence-electron chi connectivity index (χ2n) is 2.40. The smallest absolute Gasteiger partial charge is 0.256 e. The van der Waals surface area contributed by atoms with Crippen molar-refractivity contribution in [1.82, 2.24) is 0 Å². The fourth-order valence-corrected chi connectivity index (χ4v) is 1.58. The lowest BCUT2D eigenvalue weighted by Gasteiger charge is -2.03. The molecule has 0 fully saturated rings. The van der Waals surface area contributed by atoms with Gasteiger partial charge in [-0.15, -0.1) is 0 Å². The Hall–Kier alpha value is -0.580.